The van der Waals surface area contributed by atoms with Crippen molar-refractivity contribution in [1.82, 2.24) is 5.32 Å². The predicted octanol–water partition coefficient (Wildman–Crippen LogP) is 0.959. The number of hydrogen-bond acceptors (Lipinski definition) is 3. The van der Waals surface area contributed by atoms with Crippen molar-refractivity contribution in [2.45, 2.75) is 20.0 Å². The quantitative estimate of drug-likeness (QED) is 0.849. The summed E-state index contributed by atoms with van der Waals surface area (Å²) in [4.78, 5) is 0. The van der Waals surface area contributed by atoms with Crippen LogP contribution in [0.1, 0.15) is 16.7 Å². The minimum absolute atomic E-state index is 0. The molecular formula is C17H20Cl2NO2-. The molecule has 0 bridgehead atoms. The minimum Gasteiger partial charge on any atom is -1.00 e. The van der Waals surface area contributed by atoms with E-state index in [-0.39, 0.29) is 12.4 Å². The van der Waals surface area contributed by atoms with Gasteiger partial charge in [0, 0.05) is 13.1 Å². The molecule has 0 heterocycles. The normalized spacial score (nSPS) is 10.0. The predicted molar refractivity (Wildman–Crippen MR) is 86.3 cm³/mol. The van der Waals surface area contributed by atoms with Gasteiger partial charge in [0.1, 0.15) is 0 Å². The highest BCUT2D eigenvalue weighted by Gasteiger charge is 2.10. The topological polar surface area (TPSA) is 30.5 Å². The molecule has 2 aromatic carbocycles. The van der Waals surface area contributed by atoms with Crippen molar-refractivity contribution in [3.8, 4) is 11.5 Å². The molecule has 0 amide bonds. The summed E-state index contributed by atoms with van der Waals surface area (Å²) < 4.78 is 10.5. The van der Waals surface area contributed by atoms with Crippen molar-refractivity contribution < 1.29 is 21.9 Å². The van der Waals surface area contributed by atoms with E-state index in [1.807, 2.05) is 12.1 Å². The average molecular weight is 341 g/mol. The summed E-state index contributed by atoms with van der Waals surface area (Å²) in [7, 11) is 3.19. The Balaban J connectivity index is 0.00000242. The van der Waals surface area contributed by atoms with Crippen LogP contribution >= 0.6 is 11.6 Å². The van der Waals surface area contributed by atoms with Crippen LogP contribution in [0.4, 0.5) is 0 Å². The first-order valence-electron chi connectivity index (χ1n) is 6.80. The Kier molecular flexibility index (Phi) is 7.52. The first kappa shape index (κ1) is 18.6. The fourth-order valence-corrected chi connectivity index (χ4v) is 2.44. The molecule has 0 saturated heterocycles. The van der Waals surface area contributed by atoms with Crippen molar-refractivity contribution in [1.29, 1.82) is 0 Å². The number of methoxy groups -OCH3 is 2. The Morgan fingerprint density at radius 2 is 1.59 bits per heavy atom. The Labute approximate surface area is 143 Å². The van der Waals surface area contributed by atoms with Crippen molar-refractivity contribution in [3.05, 3.63) is 58.1 Å². The molecule has 3 nitrogen and oxygen atoms in total. The summed E-state index contributed by atoms with van der Waals surface area (Å²) >= 11 is 6.19. The molecule has 22 heavy (non-hydrogen) atoms. The van der Waals surface area contributed by atoms with Gasteiger partial charge in [-0.25, -0.2) is 0 Å². The van der Waals surface area contributed by atoms with E-state index in [9.17, 15) is 0 Å². The Bertz CT molecular complexity index is 600. The van der Waals surface area contributed by atoms with Gasteiger partial charge in [0.05, 0.1) is 19.2 Å². The second kappa shape index (κ2) is 8.89. The molecule has 0 saturated carbocycles. The van der Waals surface area contributed by atoms with Crippen LogP contribution in [-0.2, 0) is 13.1 Å². The molecule has 0 atom stereocenters. The molecule has 2 aromatic rings. The summed E-state index contributed by atoms with van der Waals surface area (Å²) in [5.74, 6) is 1.22. The van der Waals surface area contributed by atoms with E-state index in [4.69, 9.17) is 21.1 Å². The zero-order chi connectivity index (χ0) is 15.2. The average Bonchev–Trinajstić information content (AvgIpc) is 2.48. The van der Waals surface area contributed by atoms with Gasteiger partial charge in [-0.1, -0.05) is 41.4 Å². The van der Waals surface area contributed by atoms with E-state index < -0.39 is 0 Å². The van der Waals surface area contributed by atoms with E-state index in [2.05, 4.69) is 36.5 Å². The van der Waals surface area contributed by atoms with Gasteiger partial charge in [-0.3, -0.25) is 0 Å². The van der Waals surface area contributed by atoms with E-state index >= 15 is 0 Å². The second-order valence-corrected chi connectivity index (χ2v) is 5.31. The highest BCUT2D eigenvalue weighted by atomic mass is 35.5. The largest absolute Gasteiger partial charge is 1.00 e. The maximum atomic E-state index is 6.19. The second-order valence-electron chi connectivity index (χ2n) is 4.90. The van der Waals surface area contributed by atoms with E-state index in [1.54, 1.807) is 14.2 Å². The van der Waals surface area contributed by atoms with Crippen LogP contribution < -0.4 is 27.2 Å². The number of hydrogen-bond donors (Lipinski definition) is 1. The molecule has 0 radical (unpaired) electrons. The van der Waals surface area contributed by atoms with Crippen LogP contribution in [0.2, 0.25) is 5.02 Å². The summed E-state index contributed by atoms with van der Waals surface area (Å²) in [6, 6.07) is 12.3. The van der Waals surface area contributed by atoms with Gasteiger partial charge in [-0.15, -0.1) is 0 Å². The van der Waals surface area contributed by atoms with Crippen LogP contribution in [0, 0.1) is 6.92 Å². The van der Waals surface area contributed by atoms with Gasteiger partial charge in [-0.2, -0.15) is 0 Å². The molecule has 5 heteroatoms. The number of benzene rings is 2. The van der Waals surface area contributed by atoms with E-state index in [0.29, 0.717) is 23.1 Å². The maximum Gasteiger partial charge on any atom is 0.179 e. The first-order chi connectivity index (χ1) is 10.1. The number of halogens is 2. The molecule has 2 rings (SSSR count). The minimum atomic E-state index is 0. The smallest absolute Gasteiger partial charge is 0.179 e. The van der Waals surface area contributed by atoms with E-state index in [0.717, 1.165) is 12.1 Å². The Morgan fingerprint density at radius 3 is 2.18 bits per heavy atom. The Hall–Kier alpha value is -1.42. The summed E-state index contributed by atoms with van der Waals surface area (Å²) in [6.45, 7) is 3.61. The van der Waals surface area contributed by atoms with Crippen molar-refractivity contribution in [2.75, 3.05) is 14.2 Å². The molecule has 0 aromatic heterocycles. The molecular weight excluding hydrogens is 321 g/mol. The highest BCUT2D eigenvalue weighted by molar-refractivity contribution is 6.32. The van der Waals surface area contributed by atoms with Crippen LogP contribution in [-0.4, -0.2) is 14.2 Å². The van der Waals surface area contributed by atoms with Crippen LogP contribution in [0.3, 0.4) is 0 Å². The molecule has 0 aliphatic carbocycles. The molecule has 0 aliphatic rings. The highest BCUT2D eigenvalue weighted by Crippen LogP contribution is 2.35. The molecule has 0 aliphatic heterocycles. The van der Waals surface area contributed by atoms with Crippen LogP contribution in [0.5, 0.6) is 11.5 Å². The van der Waals surface area contributed by atoms with E-state index in [1.165, 1.54) is 11.1 Å². The number of ether oxygens (including phenoxy) is 2. The van der Waals surface area contributed by atoms with Gasteiger partial charge in [0.15, 0.2) is 11.5 Å². The lowest BCUT2D eigenvalue weighted by Gasteiger charge is -2.12. The number of nitrogens with one attached hydrogen (secondary N) is 1. The summed E-state index contributed by atoms with van der Waals surface area (Å²) in [5.41, 5.74) is 3.59. The zero-order valence-corrected chi connectivity index (χ0v) is 14.5. The fraction of sp³-hybridized carbons (Fsp3) is 0.294. The number of rotatable bonds is 6. The summed E-state index contributed by atoms with van der Waals surface area (Å²) in [6.07, 6.45) is 0. The van der Waals surface area contributed by atoms with Crippen molar-refractivity contribution in [2.24, 2.45) is 0 Å². The fourth-order valence-electron chi connectivity index (χ4n) is 2.13. The van der Waals surface area contributed by atoms with Crippen LogP contribution in [0.25, 0.3) is 0 Å². The van der Waals surface area contributed by atoms with Gasteiger partial charge >= 0.3 is 0 Å². The van der Waals surface area contributed by atoms with Gasteiger partial charge < -0.3 is 27.2 Å². The number of aryl methyl sites for hydroxylation is 1. The SMILES string of the molecule is COc1cc(CNCc2ccc(C)cc2)cc(Cl)c1OC.[Cl-]. The van der Waals surface area contributed by atoms with Crippen molar-refractivity contribution in [3.63, 3.8) is 0 Å². The third-order valence-corrected chi connectivity index (χ3v) is 3.55. The Morgan fingerprint density at radius 1 is 0.955 bits per heavy atom. The summed E-state index contributed by atoms with van der Waals surface area (Å²) in [5, 5.41) is 3.96. The van der Waals surface area contributed by atoms with Gasteiger partial charge in [0.25, 0.3) is 0 Å². The van der Waals surface area contributed by atoms with Crippen molar-refractivity contribution >= 4 is 11.6 Å². The first-order valence-corrected chi connectivity index (χ1v) is 7.18. The lowest BCUT2D eigenvalue weighted by Crippen LogP contribution is -3.00. The van der Waals surface area contributed by atoms with Gasteiger partial charge in [-0.05, 0) is 30.2 Å². The third-order valence-electron chi connectivity index (χ3n) is 3.27. The molecule has 0 fully saturated rings. The van der Waals surface area contributed by atoms with Crippen LogP contribution in [0.15, 0.2) is 36.4 Å². The standard InChI is InChI=1S/C17H20ClNO2.ClH/c1-12-4-6-13(7-5-12)10-19-11-14-8-15(18)17(21-3)16(9-14)20-2;/h4-9,19H,10-11H2,1-3H3;1H/p-1. The molecule has 1 N–H and O–H groups in total. The monoisotopic (exact) mass is 340 g/mol. The third kappa shape index (κ3) is 4.80. The molecule has 0 unspecified atom stereocenters. The zero-order valence-electron chi connectivity index (χ0n) is 13.0. The van der Waals surface area contributed by atoms with Gasteiger partial charge in [0.2, 0.25) is 0 Å². The lowest BCUT2D eigenvalue weighted by atomic mass is 10.1. The lowest BCUT2D eigenvalue weighted by molar-refractivity contribution is -0.00000483. The molecule has 120 valence electrons. The molecule has 0 spiro atoms. The maximum absolute atomic E-state index is 6.19.